The van der Waals surface area contributed by atoms with Crippen LogP contribution in [-0.2, 0) is 11.2 Å². The van der Waals surface area contributed by atoms with Crippen LogP contribution in [0.1, 0.15) is 31.7 Å². The monoisotopic (exact) mass is 235 g/mol. The molecule has 2 nitrogen and oxygen atoms in total. The van der Waals surface area contributed by atoms with E-state index in [0.717, 1.165) is 24.9 Å². The van der Waals surface area contributed by atoms with Crippen molar-refractivity contribution in [2.45, 2.75) is 38.6 Å². The molecule has 2 rings (SSSR count). The van der Waals surface area contributed by atoms with E-state index in [9.17, 15) is 9.18 Å². The molecule has 17 heavy (non-hydrogen) atoms. The van der Waals surface area contributed by atoms with Crippen LogP contribution in [0.2, 0.25) is 0 Å². The molecule has 1 atom stereocenters. The summed E-state index contributed by atoms with van der Waals surface area (Å²) in [6, 6.07) is 6.52. The summed E-state index contributed by atoms with van der Waals surface area (Å²) in [5, 5.41) is 0. The Hall–Kier alpha value is -1.38. The molecule has 0 aliphatic carbocycles. The summed E-state index contributed by atoms with van der Waals surface area (Å²) >= 11 is 0. The summed E-state index contributed by atoms with van der Waals surface area (Å²) in [7, 11) is 0. The van der Waals surface area contributed by atoms with Crippen molar-refractivity contribution in [1.29, 1.82) is 0 Å². The first kappa shape index (κ1) is 12.1. The first-order valence-electron chi connectivity index (χ1n) is 6.21. The minimum absolute atomic E-state index is 0.156. The molecule has 0 aromatic heterocycles. The number of carbonyl (C=O) groups excluding carboxylic acids is 1. The number of likely N-dealkylation sites (tertiary alicyclic amines) is 1. The summed E-state index contributed by atoms with van der Waals surface area (Å²) in [4.78, 5) is 14.0. The lowest BCUT2D eigenvalue weighted by Gasteiger charge is -2.33. The Morgan fingerprint density at radius 2 is 2.06 bits per heavy atom. The second-order valence-corrected chi connectivity index (χ2v) is 4.74. The van der Waals surface area contributed by atoms with Crippen LogP contribution >= 0.6 is 0 Å². The lowest BCUT2D eigenvalue weighted by atomic mass is 10.0. The molecule has 0 unspecified atom stereocenters. The fraction of sp³-hybridized carbons (Fsp3) is 0.500. The topological polar surface area (TPSA) is 20.3 Å². The van der Waals surface area contributed by atoms with Crippen LogP contribution in [-0.4, -0.2) is 23.4 Å². The summed E-state index contributed by atoms with van der Waals surface area (Å²) in [5.74, 6) is -0.101. The number of carbonyl (C=O) groups is 1. The van der Waals surface area contributed by atoms with Crippen LogP contribution in [0.4, 0.5) is 4.39 Å². The number of hydrogen-bond donors (Lipinski definition) is 0. The van der Waals surface area contributed by atoms with Crippen molar-refractivity contribution in [2.24, 2.45) is 0 Å². The molecule has 1 aromatic carbocycles. The molecule has 92 valence electrons. The molecule has 0 N–H and O–H groups in total. The molecule has 1 fully saturated rings. The summed E-state index contributed by atoms with van der Waals surface area (Å²) in [6.45, 7) is 2.96. The molecule has 1 aliphatic rings. The molecule has 1 aromatic rings. The van der Waals surface area contributed by atoms with Gasteiger partial charge in [0.05, 0.1) is 6.42 Å². The highest BCUT2D eigenvalue weighted by Crippen LogP contribution is 2.17. The summed E-state index contributed by atoms with van der Waals surface area (Å²) in [6.07, 6.45) is 3.78. The zero-order valence-corrected chi connectivity index (χ0v) is 10.2. The van der Waals surface area contributed by atoms with E-state index in [1.807, 2.05) is 4.90 Å². The van der Waals surface area contributed by atoms with E-state index in [0.29, 0.717) is 12.5 Å². The van der Waals surface area contributed by atoms with Crippen molar-refractivity contribution >= 4 is 5.91 Å². The molecular formula is C14H18FNO. The Balaban J connectivity index is 1.98. The van der Waals surface area contributed by atoms with Crippen molar-refractivity contribution < 1.29 is 9.18 Å². The maximum absolute atomic E-state index is 12.7. The molecule has 1 saturated heterocycles. The zero-order valence-electron chi connectivity index (χ0n) is 10.2. The van der Waals surface area contributed by atoms with Crippen molar-refractivity contribution in [3.8, 4) is 0 Å². The Morgan fingerprint density at radius 3 is 2.71 bits per heavy atom. The van der Waals surface area contributed by atoms with Gasteiger partial charge in [-0.1, -0.05) is 12.1 Å². The summed E-state index contributed by atoms with van der Waals surface area (Å²) in [5.41, 5.74) is 0.883. The second-order valence-electron chi connectivity index (χ2n) is 4.74. The van der Waals surface area contributed by atoms with Gasteiger partial charge in [0.25, 0.3) is 0 Å². The van der Waals surface area contributed by atoms with Gasteiger partial charge in [0.15, 0.2) is 0 Å². The highest BCUT2D eigenvalue weighted by Gasteiger charge is 2.22. The van der Waals surface area contributed by atoms with Gasteiger partial charge in [0, 0.05) is 12.6 Å². The smallest absolute Gasteiger partial charge is 0.227 e. The lowest BCUT2D eigenvalue weighted by molar-refractivity contribution is -0.133. The molecule has 1 heterocycles. The molecule has 0 saturated carbocycles. The van der Waals surface area contributed by atoms with Gasteiger partial charge in [-0.05, 0) is 43.9 Å². The van der Waals surface area contributed by atoms with Crippen LogP contribution in [0.3, 0.4) is 0 Å². The molecule has 0 spiro atoms. The Kier molecular flexibility index (Phi) is 3.77. The van der Waals surface area contributed by atoms with Gasteiger partial charge in [-0.15, -0.1) is 0 Å². The minimum atomic E-state index is -0.257. The Morgan fingerprint density at radius 1 is 1.35 bits per heavy atom. The third-order valence-corrected chi connectivity index (χ3v) is 3.39. The largest absolute Gasteiger partial charge is 0.340 e. The van der Waals surface area contributed by atoms with Gasteiger partial charge < -0.3 is 4.90 Å². The van der Waals surface area contributed by atoms with E-state index in [-0.39, 0.29) is 11.7 Å². The van der Waals surface area contributed by atoms with E-state index in [1.54, 1.807) is 12.1 Å². The van der Waals surface area contributed by atoms with Crippen molar-refractivity contribution in [3.63, 3.8) is 0 Å². The molecule has 1 aliphatic heterocycles. The van der Waals surface area contributed by atoms with Crippen molar-refractivity contribution in [2.75, 3.05) is 6.54 Å². The third-order valence-electron chi connectivity index (χ3n) is 3.39. The van der Waals surface area contributed by atoms with Gasteiger partial charge in [-0.3, -0.25) is 4.79 Å². The standard InChI is InChI=1S/C14H18FNO/c1-11-4-2-3-9-16(11)14(17)10-12-5-7-13(15)8-6-12/h5-8,11H,2-4,9-10H2,1H3/t11-/m1/s1. The molecular weight excluding hydrogens is 217 g/mol. The highest BCUT2D eigenvalue weighted by atomic mass is 19.1. The number of nitrogens with zero attached hydrogens (tertiary/aromatic N) is 1. The number of halogens is 1. The molecule has 0 bridgehead atoms. The van der Waals surface area contributed by atoms with Gasteiger partial charge in [0.2, 0.25) is 5.91 Å². The highest BCUT2D eigenvalue weighted by molar-refractivity contribution is 5.79. The quantitative estimate of drug-likeness (QED) is 0.772. The fourth-order valence-electron chi connectivity index (χ4n) is 2.35. The number of hydrogen-bond acceptors (Lipinski definition) is 1. The number of benzene rings is 1. The SMILES string of the molecule is C[C@@H]1CCCCN1C(=O)Cc1ccc(F)cc1. The maximum Gasteiger partial charge on any atom is 0.227 e. The molecule has 1 amide bonds. The minimum Gasteiger partial charge on any atom is -0.340 e. The van der Waals surface area contributed by atoms with E-state index in [4.69, 9.17) is 0 Å². The maximum atomic E-state index is 12.7. The van der Waals surface area contributed by atoms with Crippen LogP contribution < -0.4 is 0 Å². The van der Waals surface area contributed by atoms with Crippen molar-refractivity contribution in [3.05, 3.63) is 35.6 Å². The fourth-order valence-corrected chi connectivity index (χ4v) is 2.35. The normalized spacial score (nSPS) is 20.4. The predicted octanol–water partition coefficient (Wildman–Crippen LogP) is 2.77. The average Bonchev–Trinajstić information content (AvgIpc) is 2.32. The number of rotatable bonds is 2. The Bertz CT molecular complexity index is 388. The average molecular weight is 235 g/mol. The predicted molar refractivity (Wildman–Crippen MR) is 65.1 cm³/mol. The van der Waals surface area contributed by atoms with Crippen LogP contribution in [0, 0.1) is 5.82 Å². The van der Waals surface area contributed by atoms with Crippen LogP contribution in [0.5, 0.6) is 0 Å². The van der Waals surface area contributed by atoms with E-state index in [1.165, 1.54) is 18.6 Å². The lowest BCUT2D eigenvalue weighted by Crippen LogP contribution is -2.42. The Labute approximate surface area is 101 Å². The van der Waals surface area contributed by atoms with Crippen molar-refractivity contribution in [1.82, 2.24) is 4.90 Å². The van der Waals surface area contributed by atoms with Gasteiger partial charge in [0.1, 0.15) is 5.82 Å². The molecule has 3 heteroatoms. The van der Waals surface area contributed by atoms with E-state index in [2.05, 4.69) is 6.92 Å². The van der Waals surface area contributed by atoms with Crippen LogP contribution in [0.15, 0.2) is 24.3 Å². The van der Waals surface area contributed by atoms with Crippen LogP contribution in [0.25, 0.3) is 0 Å². The second kappa shape index (κ2) is 5.30. The molecule has 0 radical (unpaired) electrons. The number of amides is 1. The third kappa shape index (κ3) is 3.05. The van der Waals surface area contributed by atoms with Gasteiger partial charge in [-0.2, -0.15) is 0 Å². The first-order valence-corrected chi connectivity index (χ1v) is 6.21. The first-order chi connectivity index (χ1) is 8.16. The zero-order chi connectivity index (χ0) is 12.3. The summed E-state index contributed by atoms with van der Waals surface area (Å²) < 4.78 is 12.7. The van der Waals surface area contributed by atoms with Gasteiger partial charge >= 0.3 is 0 Å². The van der Waals surface area contributed by atoms with E-state index < -0.39 is 0 Å². The van der Waals surface area contributed by atoms with E-state index >= 15 is 0 Å². The number of piperidine rings is 1. The van der Waals surface area contributed by atoms with Gasteiger partial charge in [-0.25, -0.2) is 4.39 Å².